The molecule has 0 aliphatic rings. The van der Waals surface area contributed by atoms with Crippen molar-refractivity contribution in [3.8, 4) is 0 Å². The standard InChI is InChI=1S/C14H13N3O4S/c18-13(12-8-10(17(20)21)9-16-14(12)19)15-6-7-22-11-4-2-1-3-5-11/h1-5,8-9H,6-7H2,(H,15,18)(H,16,19). The molecule has 0 saturated heterocycles. The molecule has 0 radical (unpaired) electrons. The highest BCUT2D eigenvalue weighted by Crippen LogP contribution is 2.15. The fourth-order valence-corrected chi connectivity index (χ4v) is 2.48. The lowest BCUT2D eigenvalue weighted by Crippen LogP contribution is -2.31. The Hall–Kier alpha value is -2.61. The number of aromatic amines is 1. The van der Waals surface area contributed by atoms with E-state index in [-0.39, 0.29) is 11.3 Å². The molecule has 0 atom stereocenters. The normalized spacial score (nSPS) is 10.2. The molecule has 1 aromatic carbocycles. The third-order valence-electron chi connectivity index (χ3n) is 2.74. The molecule has 8 heteroatoms. The Labute approximate surface area is 129 Å². The number of pyridine rings is 1. The lowest BCUT2D eigenvalue weighted by Gasteiger charge is -2.04. The third-order valence-corrected chi connectivity index (χ3v) is 3.76. The van der Waals surface area contributed by atoms with E-state index >= 15 is 0 Å². The van der Waals surface area contributed by atoms with E-state index in [1.807, 2.05) is 30.3 Å². The summed E-state index contributed by atoms with van der Waals surface area (Å²) in [5.41, 5.74) is -1.25. The maximum Gasteiger partial charge on any atom is 0.286 e. The number of nitrogens with one attached hydrogen (secondary N) is 2. The Bertz CT molecular complexity index is 730. The summed E-state index contributed by atoms with van der Waals surface area (Å²) in [6, 6.07) is 10.6. The first-order valence-electron chi connectivity index (χ1n) is 6.41. The summed E-state index contributed by atoms with van der Waals surface area (Å²) in [6.07, 6.45) is 0.963. The van der Waals surface area contributed by atoms with Gasteiger partial charge in [-0.15, -0.1) is 11.8 Å². The highest BCUT2D eigenvalue weighted by molar-refractivity contribution is 7.99. The van der Waals surface area contributed by atoms with E-state index in [0.29, 0.717) is 12.3 Å². The van der Waals surface area contributed by atoms with Crippen molar-refractivity contribution in [3.05, 3.63) is 68.6 Å². The number of hydrogen-bond acceptors (Lipinski definition) is 5. The highest BCUT2D eigenvalue weighted by atomic mass is 32.2. The minimum Gasteiger partial charge on any atom is -0.351 e. The number of carbonyl (C=O) groups is 1. The number of carbonyl (C=O) groups excluding carboxylic acids is 1. The zero-order valence-corrected chi connectivity index (χ0v) is 12.3. The van der Waals surface area contributed by atoms with Crippen molar-refractivity contribution in [2.45, 2.75) is 4.90 Å². The largest absolute Gasteiger partial charge is 0.351 e. The second-order valence-corrected chi connectivity index (χ2v) is 5.44. The number of nitro groups is 1. The maximum atomic E-state index is 11.9. The van der Waals surface area contributed by atoms with Crippen LogP contribution < -0.4 is 10.9 Å². The second-order valence-electron chi connectivity index (χ2n) is 4.28. The van der Waals surface area contributed by atoms with E-state index in [9.17, 15) is 19.7 Å². The molecular formula is C14H13N3O4S. The molecule has 0 aliphatic carbocycles. The average Bonchev–Trinajstić information content (AvgIpc) is 2.52. The van der Waals surface area contributed by atoms with E-state index in [1.54, 1.807) is 11.8 Å². The monoisotopic (exact) mass is 319 g/mol. The average molecular weight is 319 g/mol. The van der Waals surface area contributed by atoms with E-state index in [1.165, 1.54) is 0 Å². The van der Waals surface area contributed by atoms with E-state index in [4.69, 9.17) is 0 Å². The van der Waals surface area contributed by atoms with Crippen LogP contribution in [0.4, 0.5) is 5.69 Å². The van der Waals surface area contributed by atoms with Gasteiger partial charge >= 0.3 is 0 Å². The number of H-pyrrole nitrogens is 1. The van der Waals surface area contributed by atoms with Gasteiger partial charge in [-0.3, -0.25) is 19.7 Å². The fraction of sp³-hybridized carbons (Fsp3) is 0.143. The number of aromatic nitrogens is 1. The molecule has 0 spiro atoms. The summed E-state index contributed by atoms with van der Waals surface area (Å²) in [5.74, 6) is 0.00128. The van der Waals surface area contributed by atoms with Crippen LogP contribution in [-0.4, -0.2) is 28.1 Å². The van der Waals surface area contributed by atoms with Gasteiger partial charge in [0.25, 0.3) is 17.2 Å². The first-order valence-corrected chi connectivity index (χ1v) is 7.39. The molecular weight excluding hydrogens is 306 g/mol. The summed E-state index contributed by atoms with van der Waals surface area (Å²) in [4.78, 5) is 36.7. The van der Waals surface area contributed by atoms with E-state index in [2.05, 4.69) is 10.3 Å². The Morgan fingerprint density at radius 2 is 2.05 bits per heavy atom. The molecule has 2 N–H and O–H groups in total. The molecule has 0 bridgehead atoms. The van der Waals surface area contributed by atoms with Crippen molar-refractivity contribution in [2.24, 2.45) is 0 Å². The summed E-state index contributed by atoms with van der Waals surface area (Å²) < 4.78 is 0. The first kappa shape index (κ1) is 15.8. The van der Waals surface area contributed by atoms with Crippen molar-refractivity contribution >= 4 is 23.4 Å². The minimum absolute atomic E-state index is 0.265. The van der Waals surface area contributed by atoms with Crippen molar-refractivity contribution in [1.82, 2.24) is 10.3 Å². The Balaban J connectivity index is 1.91. The molecule has 0 unspecified atom stereocenters. The van der Waals surface area contributed by atoms with Gasteiger partial charge in [0.05, 0.1) is 11.1 Å². The molecule has 0 aliphatic heterocycles. The zero-order chi connectivity index (χ0) is 15.9. The third kappa shape index (κ3) is 4.19. The number of hydrogen-bond donors (Lipinski definition) is 2. The smallest absolute Gasteiger partial charge is 0.286 e. The topological polar surface area (TPSA) is 105 Å². The van der Waals surface area contributed by atoms with Crippen LogP contribution in [0, 0.1) is 10.1 Å². The van der Waals surface area contributed by atoms with Gasteiger partial charge in [0, 0.05) is 23.3 Å². The van der Waals surface area contributed by atoms with Gasteiger partial charge in [-0.05, 0) is 12.1 Å². The van der Waals surface area contributed by atoms with Crippen LogP contribution in [-0.2, 0) is 0 Å². The van der Waals surface area contributed by atoms with Crippen LogP contribution in [0.2, 0.25) is 0 Å². The highest BCUT2D eigenvalue weighted by Gasteiger charge is 2.15. The van der Waals surface area contributed by atoms with Crippen LogP contribution in [0.25, 0.3) is 0 Å². The number of nitrogens with zero attached hydrogens (tertiary/aromatic N) is 1. The molecule has 0 saturated carbocycles. The second kappa shape index (κ2) is 7.41. The predicted octanol–water partition coefficient (Wildman–Crippen LogP) is 1.81. The summed E-state index contributed by atoms with van der Waals surface area (Å²) >= 11 is 1.56. The Morgan fingerprint density at radius 1 is 1.32 bits per heavy atom. The molecule has 0 fully saturated rings. The molecule has 2 aromatic rings. The quantitative estimate of drug-likeness (QED) is 0.365. The van der Waals surface area contributed by atoms with Gasteiger partial charge in [0.1, 0.15) is 5.56 Å². The number of benzene rings is 1. The van der Waals surface area contributed by atoms with Gasteiger partial charge in [-0.2, -0.15) is 0 Å². The van der Waals surface area contributed by atoms with Crippen LogP contribution in [0.5, 0.6) is 0 Å². The van der Waals surface area contributed by atoms with Gasteiger partial charge in [0.15, 0.2) is 0 Å². The van der Waals surface area contributed by atoms with Gasteiger partial charge < -0.3 is 10.3 Å². The Kier molecular flexibility index (Phi) is 5.31. The van der Waals surface area contributed by atoms with Gasteiger partial charge in [-0.1, -0.05) is 18.2 Å². The summed E-state index contributed by atoms with van der Waals surface area (Å²) in [6.45, 7) is 0.348. The summed E-state index contributed by atoms with van der Waals surface area (Å²) in [5, 5.41) is 13.2. The lowest BCUT2D eigenvalue weighted by atomic mass is 10.2. The summed E-state index contributed by atoms with van der Waals surface area (Å²) in [7, 11) is 0. The fourth-order valence-electron chi connectivity index (χ4n) is 1.69. The predicted molar refractivity (Wildman–Crippen MR) is 83.2 cm³/mol. The van der Waals surface area contributed by atoms with E-state index in [0.717, 1.165) is 17.2 Å². The van der Waals surface area contributed by atoms with Gasteiger partial charge in [0.2, 0.25) is 0 Å². The first-order chi connectivity index (χ1) is 10.6. The van der Waals surface area contributed by atoms with Crippen molar-refractivity contribution in [3.63, 3.8) is 0 Å². The van der Waals surface area contributed by atoms with Crippen molar-refractivity contribution in [2.75, 3.05) is 12.3 Å². The lowest BCUT2D eigenvalue weighted by molar-refractivity contribution is -0.385. The molecule has 7 nitrogen and oxygen atoms in total. The van der Waals surface area contributed by atoms with Crippen molar-refractivity contribution < 1.29 is 9.72 Å². The van der Waals surface area contributed by atoms with E-state index < -0.39 is 16.4 Å². The molecule has 1 heterocycles. The minimum atomic E-state index is -0.669. The molecule has 2 rings (SSSR count). The van der Waals surface area contributed by atoms with Gasteiger partial charge in [-0.25, -0.2) is 0 Å². The maximum absolute atomic E-state index is 11.9. The SMILES string of the molecule is O=C(NCCSc1ccccc1)c1cc([N+](=O)[O-])c[nH]c1=O. The van der Waals surface area contributed by atoms with Crippen molar-refractivity contribution in [1.29, 1.82) is 0 Å². The molecule has 1 aromatic heterocycles. The number of thioether (sulfide) groups is 1. The van der Waals surface area contributed by atoms with Crippen LogP contribution in [0.1, 0.15) is 10.4 Å². The number of rotatable bonds is 6. The Morgan fingerprint density at radius 3 is 2.73 bits per heavy atom. The molecule has 22 heavy (non-hydrogen) atoms. The molecule has 1 amide bonds. The van der Waals surface area contributed by atoms with Crippen LogP contribution >= 0.6 is 11.8 Å². The number of amides is 1. The van der Waals surface area contributed by atoms with Crippen LogP contribution in [0.15, 0.2) is 52.3 Å². The van der Waals surface area contributed by atoms with Crippen LogP contribution in [0.3, 0.4) is 0 Å². The zero-order valence-electron chi connectivity index (χ0n) is 11.4. The molecule has 114 valence electrons.